The van der Waals surface area contributed by atoms with Crippen LogP contribution >= 0.6 is 35.0 Å². The summed E-state index contributed by atoms with van der Waals surface area (Å²) in [6.45, 7) is 1.93. The number of nitrogens with two attached hydrogens (primary N) is 1. The maximum Gasteiger partial charge on any atom is 0.101 e. The van der Waals surface area contributed by atoms with E-state index in [1.165, 1.54) is 11.8 Å². The van der Waals surface area contributed by atoms with E-state index in [4.69, 9.17) is 28.9 Å². The summed E-state index contributed by atoms with van der Waals surface area (Å²) < 4.78 is 0. The van der Waals surface area contributed by atoms with Gasteiger partial charge in [-0.25, -0.2) is 4.98 Å². The number of benzene rings is 1. The summed E-state index contributed by atoms with van der Waals surface area (Å²) in [5, 5.41) is 2.17. The van der Waals surface area contributed by atoms with Crippen molar-refractivity contribution in [1.29, 1.82) is 0 Å². The molecule has 0 aliphatic heterocycles. The molecule has 2 rings (SSSR count). The molecule has 0 bridgehead atoms. The van der Waals surface area contributed by atoms with Crippen LogP contribution in [-0.4, -0.2) is 4.98 Å². The highest BCUT2D eigenvalue weighted by Gasteiger charge is 2.07. The quantitative estimate of drug-likeness (QED) is 0.903. The minimum absolute atomic E-state index is 0.0183. The number of pyridine rings is 1. The lowest BCUT2D eigenvalue weighted by molar-refractivity contribution is 0.817. The molecule has 0 aliphatic rings. The number of nitrogens with zero attached hydrogens (tertiary/aromatic N) is 1. The van der Waals surface area contributed by atoms with Gasteiger partial charge in [0.05, 0.1) is 10.0 Å². The van der Waals surface area contributed by atoms with E-state index < -0.39 is 0 Å². The summed E-state index contributed by atoms with van der Waals surface area (Å²) in [4.78, 5) is 5.17. The fourth-order valence-corrected chi connectivity index (χ4v) is 2.59. The Balaban J connectivity index is 2.22. The van der Waals surface area contributed by atoms with Crippen LogP contribution in [0.4, 0.5) is 0 Å². The van der Waals surface area contributed by atoms with Gasteiger partial charge in [-0.15, -0.1) is 0 Å². The molecule has 0 amide bonds. The van der Waals surface area contributed by atoms with Crippen molar-refractivity contribution >= 4 is 35.0 Å². The first-order valence-electron chi connectivity index (χ1n) is 5.40. The highest BCUT2D eigenvalue weighted by atomic mass is 35.5. The molecule has 0 fully saturated rings. The molecule has 1 aromatic carbocycles. The van der Waals surface area contributed by atoms with Crippen LogP contribution in [0.5, 0.6) is 0 Å². The number of aromatic nitrogens is 1. The molecule has 18 heavy (non-hydrogen) atoms. The first-order chi connectivity index (χ1) is 8.56. The first-order valence-corrected chi connectivity index (χ1v) is 6.98. The molecule has 1 heterocycles. The van der Waals surface area contributed by atoms with E-state index in [1.54, 1.807) is 12.3 Å². The summed E-state index contributed by atoms with van der Waals surface area (Å²) in [7, 11) is 0. The third-order valence-corrected chi connectivity index (χ3v) is 4.07. The lowest BCUT2D eigenvalue weighted by Gasteiger charge is -2.09. The standard InChI is InChI=1S/C13H12Cl2N2S/c1-8(16)9-2-4-12(11(15)6-9)18-13-5-3-10(14)7-17-13/h2-8H,16H2,1H3/t8-/m1/s1. The average Bonchev–Trinajstić information content (AvgIpc) is 2.34. The normalized spacial score (nSPS) is 12.4. The number of hydrogen-bond donors (Lipinski definition) is 1. The molecular formula is C13H12Cl2N2S. The van der Waals surface area contributed by atoms with Gasteiger partial charge in [0, 0.05) is 17.1 Å². The van der Waals surface area contributed by atoms with E-state index in [0.717, 1.165) is 15.5 Å². The third-order valence-electron chi connectivity index (χ3n) is 2.40. The van der Waals surface area contributed by atoms with Crippen molar-refractivity contribution in [2.24, 2.45) is 5.73 Å². The zero-order valence-electron chi connectivity index (χ0n) is 9.73. The molecule has 0 spiro atoms. The highest BCUT2D eigenvalue weighted by molar-refractivity contribution is 7.99. The Morgan fingerprint density at radius 2 is 2.00 bits per heavy atom. The van der Waals surface area contributed by atoms with E-state index in [-0.39, 0.29) is 6.04 Å². The van der Waals surface area contributed by atoms with Crippen LogP contribution < -0.4 is 5.73 Å². The van der Waals surface area contributed by atoms with Crippen molar-refractivity contribution in [3.63, 3.8) is 0 Å². The fourth-order valence-electron chi connectivity index (χ4n) is 1.42. The second-order valence-corrected chi connectivity index (χ2v) is 5.80. The van der Waals surface area contributed by atoms with E-state index in [0.29, 0.717) is 10.0 Å². The van der Waals surface area contributed by atoms with Crippen molar-refractivity contribution < 1.29 is 0 Å². The molecule has 0 aliphatic carbocycles. The van der Waals surface area contributed by atoms with Crippen LogP contribution in [0.15, 0.2) is 46.5 Å². The molecular weight excluding hydrogens is 287 g/mol. The third kappa shape index (κ3) is 3.39. The van der Waals surface area contributed by atoms with Crippen LogP contribution in [-0.2, 0) is 0 Å². The molecule has 0 saturated carbocycles. The van der Waals surface area contributed by atoms with E-state index in [9.17, 15) is 0 Å². The van der Waals surface area contributed by atoms with Gasteiger partial charge < -0.3 is 5.73 Å². The van der Waals surface area contributed by atoms with Gasteiger partial charge in [0.25, 0.3) is 0 Å². The second kappa shape index (κ2) is 5.93. The van der Waals surface area contributed by atoms with Crippen molar-refractivity contribution in [2.75, 3.05) is 0 Å². The Labute approximate surface area is 121 Å². The van der Waals surface area contributed by atoms with Gasteiger partial charge in [0.15, 0.2) is 0 Å². The van der Waals surface area contributed by atoms with Crippen molar-refractivity contribution in [3.05, 3.63) is 52.1 Å². The predicted molar refractivity (Wildman–Crippen MR) is 77.4 cm³/mol. The van der Waals surface area contributed by atoms with Gasteiger partial charge in [-0.1, -0.05) is 41.0 Å². The van der Waals surface area contributed by atoms with Crippen LogP contribution in [0.2, 0.25) is 10.0 Å². The molecule has 1 atom stereocenters. The summed E-state index contributed by atoms with van der Waals surface area (Å²) in [5.41, 5.74) is 6.83. The zero-order chi connectivity index (χ0) is 13.1. The maximum absolute atomic E-state index is 6.22. The minimum atomic E-state index is -0.0183. The topological polar surface area (TPSA) is 38.9 Å². The summed E-state index contributed by atoms with van der Waals surface area (Å²) in [5.74, 6) is 0. The summed E-state index contributed by atoms with van der Waals surface area (Å²) in [6.07, 6.45) is 1.62. The van der Waals surface area contributed by atoms with E-state index >= 15 is 0 Å². The Hall–Kier alpha value is -0.740. The lowest BCUT2D eigenvalue weighted by Crippen LogP contribution is -2.04. The Morgan fingerprint density at radius 1 is 1.22 bits per heavy atom. The molecule has 2 N–H and O–H groups in total. The predicted octanol–water partition coefficient (Wildman–Crippen LogP) is 4.56. The monoisotopic (exact) mass is 298 g/mol. The highest BCUT2D eigenvalue weighted by Crippen LogP contribution is 2.33. The van der Waals surface area contributed by atoms with Gasteiger partial charge in [-0.2, -0.15) is 0 Å². The molecule has 2 nitrogen and oxygen atoms in total. The van der Waals surface area contributed by atoms with Gasteiger partial charge >= 0.3 is 0 Å². The second-order valence-electron chi connectivity index (χ2n) is 3.90. The molecule has 0 unspecified atom stereocenters. The van der Waals surface area contributed by atoms with Crippen LogP contribution in [0, 0.1) is 0 Å². The zero-order valence-corrected chi connectivity index (χ0v) is 12.1. The molecule has 1 aromatic heterocycles. The largest absolute Gasteiger partial charge is 0.324 e. The number of rotatable bonds is 3. The SMILES string of the molecule is C[C@@H](N)c1ccc(Sc2ccc(Cl)cn2)c(Cl)c1. The first kappa shape index (κ1) is 13.7. The molecule has 2 aromatic rings. The van der Waals surface area contributed by atoms with Gasteiger partial charge in [0.1, 0.15) is 5.03 Å². The van der Waals surface area contributed by atoms with Crippen LogP contribution in [0.3, 0.4) is 0 Å². The van der Waals surface area contributed by atoms with Crippen LogP contribution in [0.25, 0.3) is 0 Å². The lowest BCUT2D eigenvalue weighted by atomic mass is 10.1. The van der Waals surface area contributed by atoms with Gasteiger partial charge in [-0.05, 0) is 36.8 Å². The maximum atomic E-state index is 6.22. The summed E-state index contributed by atoms with van der Waals surface area (Å²) in [6, 6.07) is 9.49. The van der Waals surface area contributed by atoms with Crippen LogP contribution in [0.1, 0.15) is 18.5 Å². The van der Waals surface area contributed by atoms with Crippen molar-refractivity contribution in [1.82, 2.24) is 4.98 Å². The number of halogens is 2. The van der Waals surface area contributed by atoms with Gasteiger partial charge in [0.2, 0.25) is 0 Å². The molecule has 0 radical (unpaired) electrons. The van der Waals surface area contributed by atoms with E-state index in [2.05, 4.69) is 4.98 Å². The Kier molecular flexibility index (Phi) is 4.51. The van der Waals surface area contributed by atoms with Gasteiger partial charge in [-0.3, -0.25) is 0 Å². The van der Waals surface area contributed by atoms with Crippen molar-refractivity contribution in [3.8, 4) is 0 Å². The minimum Gasteiger partial charge on any atom is -0.324 e. The average molecular weight is 299 g/mol. The Morgan fingerprint density at radius 3 is 2.56 bits per heavy atom. The fraction of sp³-hybridized carbons (Fsp3) is 0.154. The van der Waals surface area contributed by atoms with Crippen molar-refractivity contribution in [2.45, 2.75) is 22.9 Å². The molecule has 5 heteroatoms. The summed E-state index contributed by atoms with van der Waals surface area (Å²) >= 11 is 13.5. The van der Waals surface area contributed by atoms with E-state index in [1.807, 2.05) is 31.2 Å². The number of hydrogen-bond acceptors (Lipinski definition) is 3. The molecule has 94 valence electrons. The molecule has 0 saturated heterocycles. The smallest absolute Gasteiger partial charge is 0.101 e. The Bertz CT molecular complexity index is 541.